The Labute approximate surface area is 93.5 Å². The third-order valence-corrected chi connectivity index (χ3v) is 3.28. The average Bonchev–Trinajstić information content (AvgIpc) is 2.16. The van der Waals surface area contributed by atoms with Crippen molar-refractivity contribution >= 4 is 0 Å². The van der Waals surface area contributed by atoms with Crippen LogP contribution in [0.3, 0.4) is 0 Å². The van der Waals surface area contributed by atoms with Crippen LogP contribution < -0.4 is 5.32 Å². The van der Waals surface area contributed by atoms with Gasteiger partial charge in [-0.05, 0) is 32.2 Å². The van der Waals surface area contributed by atoms with Crippen molar-refractivity contribution in [3.05, 3.63) is 0 Å². The van der Waals surface area contributed by atoms with Gasteiger partial charge >= 0.3 is 0 Å². The van der Waals surface area contributed by atoms with Crippen LogP contribution in [0.5, 0.6) is 0 Å². The first-order valence-corrected chi connectivity index (χ1v) is 5.81. The lowest BCUT2D eigenvalue weighted by Gasteiger charge is -2.38. The Morgan fingerprint density at radius 2 is 1.93 bits per heavy atom. The average molecular weight is 209 g/mol. The van der Waals surface area contributed by atoms with Crippen molar-refractivity contribution in [1.29, 1.82) is 5.26 Å². The molecule has 86 valence electrons. The first-order chi connectivity index (χ1) is 6.99. The molecule has 1 rings (SSSR count). The number of hydrogen-bond donors (Lipinski definition) is 1. The highest BCUT2D eigenvalue weighted by Crippen LogP contribution is 2.22. The molecule has 1 N–H and O–H groups in total. The maximum atomic E-state index is 9.11. The number of piperidine rings is 1. The van der Waals surface area contributed by atoms with Gasteiger partial charge in [0.25, 0.3) is 0 Å². The Bertz CT molecular complexity index is 236. The maximum Gasteiger partial charge on any atom is 0.116 e. The monoisotopic (exact) mass is 209 g/mol. The highest BCUT2D eigenvalue weighted by atomic mass is 15.2. The second kappa shape index (κ2) is 4.96. The van der Waals surface area contributed by atoms with E-state index in [2.05, 4.69) is 30.1 Å². The van der Waals surface area contributed by atoms with E-state index < -0.39 is 5.54 Å². The number of rotatable bonds is 3. The normalized spacial score (nSPS) is 31.9. The summed E-state index contributed by atoms with van der Waals surface area (Å²) in [4.78, 5) is 2.42. The largest absolute Gasteiger partial charge is 0.302 e. The molecule has 1 aliphatic heterocycles. The van der Waals surface area contributed by atoms with Crippen LogP contribution in [0.15, 0.2) is 0 Å². The third-order valence-electron chi connectivity index (χ3n) is 3.28. The van der Waals surface area contributed by atoms with Gasteiger partial charge in [0.15, 0.2) is 0 Å². The van der Waals surface area contributed by atoms with Crippen molar-refractivity contribution in [1.82, 2.24) is 10.2 Å². The van der Waals surface area contributed by atoms with Gasteiger partial charge in [0.1, 0.15) is 5.54 Å². The number of nitrogens with one attached hydrogen (secondary N) is 1. The quantitative estimate of drug-likeness (QED) is 0.765. The maximum absolute atomic E-state index is 9.11. The lowest BCUT2D eigenvalue weighted by atomic mass is 9.90. The zero-order chi connectivity index (χ0) is 11.5. The summed E-state index contributed by atoms with van der Waals surface area (Å²) in [6.45, 7) is 9.65. The summed E-state index contributed by atoms with van der Waals surface area (Å²) in [5.74, 6) is 1.52. The first-order valence-electron chi connectivity index (χ1n) is 5.81. The smallest absolute Gasteiger partial charge is 0.116 e. The van der Waals surface area contributed by atoms with Gasteiger partial charge in [-0.25, -0.2) is 0 Å². The van der Waals surface area contributed by atoms with E-state index in [0.717, 1.165) is 31.5 Å². The summed E-state index contributed by atoms with van der Waals surface area (Å²) in [6, 6.07) is 2.35. The Morgan fingerprint density at radius 3 is 2.33 bits per heavy atom. The fourth-order valence-corrected chi connectivity index (χ4v) is 2.54. The molecular formula is C12H23N3. The van der Waals surface area contributed by atoms with Crippen LogP contribution in [0.25, 0.3) is 0 Å². The topological polar surface area (TPSA) is 39.1 Å². The van der Waals surface area contributed by atoms with Crippen LogP contribution in [-0.2, 0) is 0 Å². The highest BCUT2D eigenvalue weighted by molar-refractivity contribution is 5.05. The molecule has 0 radical (unpaired) electrons. The van der Waals surface area contributed by atoms with Gasteiger partial charge in [-0.15, -0.1) is 0 Å². The number of hydrogen-bond acceptors (Lipinski definition) is 3. The van der Waals surface area contributed by atoms with E-state index in [1.165, 1.54) is 6.42 Å². The molecule has 15 heavy (non-hydrogen) atoms. The molecule has 1 heterocycles. The first kappa shape index (κ1) is 12.5. The van der Waals surface area contributed by atoms with Crippen molar-refractivity contribution < 1.29 is 0 Å². The molecule has 3 heteroatoms. The van der Waals surface area contributed by atoms with Gasteiger partial charge in [0.2, 0.25) is 0 Å². The summed E-state index contributed by atoms with van der Waals surface area (Å²) in [7, 11) is 1.86. The van der Waals surface area contributed by atoms with Crippen molar-refractivity contribution in [2.45, 2.75) is 32.7 Å². The van der Waals surface area contributed by atoms with Crippen LogP contribution in [0, 0.1) is 23.2 Å². The molecule has 0 amide bonds. The molecule has 3 atom stereocenters. The lowest BCUT2D eigenvalue weighted by molar-refractivity contribution is 0.120. The second-order valence-corrected chi connectivity index (χ2v) is 5.33. The minimum Gasteiger partial charge on any atom is -0.302 e. The molecule has 0 saturated carbocycles. The van der Waals surface area contributed by atoms with Crippen LogP contribution >= 0.6 is 0 Å². The van der Waals surface area contributed by atoms with E-state index in [0.29, 0.717) is 0 Å². The molecule has 1 aliphatic rings. The molecule has 0 bridgehead atoms. The van der Waals surface area contributed by atoms with Gasteiger partial charge in [-0.1, -0.05) is 13.8 Å². The minimum atomic E-state index is -0.406. The fourth-order valence-electron chi connectivity index (χ4n) is 2.54. The van der Waals surface area contributed by atoms with E-state index in [1.807, 2.05) is 14.0 Å². The molecule has 0 aromatic rings. The van der Waals surface area contributed by atoms with E-state index in [1.54, 1.807) is 0 Å². The van der Waals surface area contributed by atoms with E-state index >= 15 is 0 Å². The van der Waals surface area contributed by atoms with Crippen LogP contribution in [0.1, 0.15) is 27.2 Å². The molecule has 1 saturated heterocycles. The molecule has 0 spiro atoms. The Hall–Kier alpha value is -0.590. The molecule has 0 aromatic heterocycles. The predicted octanol–water partition coefficient (Wildman–Crippen LogP) is 1.47. The SMILES string of the molecule is CNC(C)(C#N)CN1CC(C)CC(C)C1. The summed E-state index contributed by atoms with van der Waals surface area (Å²) >= 11 is 0. The molecular weight excluding hydrogens is 186 g/mol. The second-order valence-electron chi connectivity index (χ2n) is 5.33. The van der Waals surface area contributed by atoms with Crippen molar-refractivity contribution in [3.63, 3.8) is 0 Å². The van der Waals surface area contributed by atoms with Crippen LogP contribution in [0.2, 0.25) is 0 Å². The Morgan fingerprint density at radius 1 is 1.40 bits per heavy atom. The van der Waals surface area contributed by atoms with Crippen LogP contribution in [-0.4, -0.2) is 37.1 Å². The summed E-state index contributed by atoms with van der Waals surface area (Å²) in [5, 5.41) is 12.2. The van der Waals surface area contributed by atoms with Crippen molar-refractivity contribution in [2.24, 2.45) is 11.8 Å². The zero-order valence-electron chi connectivity index (χ0n) is 10.4. The standard InChI is InChI=1S/C12H23N3/c1-10-5-11(2)7-15(6-10)9-12(3,8-13)14-4/h10-11,14H,5-7,9H2,1-4H3. The minimum absolute atomic E-state index is 0.406. The molecule has 1 fully saturated rings. The number of nitriles is 1. The summed E-state index contributed by atoms with van der Waals surface area (Å²) in [6.07, 6.45) is 1.32. The van der Waals surface area contributed by atoms with Gasteiger partial charge in [0, 0.05) is 19.6 Å². The highest BCUT2D eigenvalue weighted by Gasteiger charge is 2.29. The van der Waals surface area contributed by atoms with Crippen molar-refractivity contribution in [3.8, 4) is 6.07 Å². The summed E-state index contributed by atoms with van der Waals surface area (Å²) < 4.78 is 0. The van der Waals surface area contributed by atoms with Gasteiger partial charge in [-0.2, -0.15) is 5.26 Å². The number of likely N-dealkylation sites (tertiary alicyclic amines) is 1. The number of nitrogens with zero attached hydrogens (tertiary/aromatic N) is 2. The zero-order valence-corrected chi connectivity index (χ0v) is 10.4. The molecule has 0 aliphatic carbocycles. The Kier molecular flexibility index (Phi) is 4.12. The lowest BCUT2D eigenvalue weighted by Crippen LogP contribution is -2.52. The predicted molar refractivity (Wildman–Crippen MR) is 62.5 cm³/mol. The summed E-state index contributed by atoms with van der Waals surface area (Å²) in [5.41, 5.74) is -0.406. The van der Waals surface area contributed by atoms with Crippen LogP contribution in [0.4, 0.5) is 0 Å². The molecule has 3 unspecified atom stereocenters. The fraction of sp³-hybridized carbons (Fsp3) is 0.917. The molecule has 0 aromatic carbocycles. The third kappa shape index (κ3) is 3.48. The molecule has 3 nitrogen and oxygen atoms in total. The van der Waals surface area contributed by atoms with Crippen molar-refractivity contribution in [2.75, 3.05) is 26.7 Å². The Balaban J connectivity index is 2.54. The van der Waals surface area contributed by atoms with E-state index in [4.69, 9.17) is 5.26 Å². The van der Waals surface area contributed by atoms with Gasteiger partial charge in [-0.3, -0.25) is 4.90 Å². The van der Waals surface area contributed by atoms with E-state index in [9.17, 15) is 0 Å². The van der Waals surface area contributed by atoms with Gasteiger partial charge in [0.05, 0.1) is 6.07 Å². The van der Waals surface area contributed by atoms with Gasteiger partial charge < -0.3 is 5.32 Å². The number of likely N-dealkylation sites (N-methyl/N-ethyl adjacent to an activating group) is 1. The van der Waals surface area contributed by atoms with E-state index in [-0.39, 0.29) is 0 Å².